The average molecular weight is 172 g/mol. The fourth-order valence-corrected chi connectivity index (χ4v) is 0.327. The molecule has 0 radical (unpaired) electrons. The molecule has 0 aromatic heterocycles. The van der Waals surface area contributed by atoms with Crippen LogP contribution in [0.1, 0.15) is 28.2 Å². The van der Waals surface area contributed by atoms with Crippen molar-refractivity contribution in [2.24, 2.45) is 5.92 Å². The van der Waals surface area contributed by atoms with Gasteiger partial charge in [0.1, 0.15) is 0 Å². The standard InChI is InChI=1S/C6H11F3O.CH4/c1-4(2)5(3,10)6(7,8)9;/h4,10H,1-3H3;1H4/t5-;/m0./s1. The monoisotopic (exact) mass is 172 g/mol. The van der Waals surface area contributed by atoms with E-state index in [2.05, 4.69) is 0 Å². The summed E-state index contributed by atoms with van der Waals surface area (Å²) >= 11 is 0. The molecule has 1 N–H and O–H groups in total. The van der Waals surface area contributed by atoms with E-state index in [1.54, 1.807) is 0 Å². The van der Waals surface area contributed by atoms with Gasteiger partial charge in [0, 0.05) is 0 Å². The van der Waals surface area contributed by atoms with Crippen molar-refractivity contribution in [1.82, 2.24) is 0 Å². The SMILES string of the molecule is C.CC(C)[C@](C)(O)C(F)(F)F. The topological polar surface area (TPSA) is 20.2 Å². The van der Waals surface area contributed by atoms with Crippen LogP contribution in [0, 0.1) is 5.92 Å². The van der Waals surface area contributed by atoms with Gasteiger partial charge in [0.25, 0.3) is 0 Å². The summed E-state index contributed by atoms with van der Waals surface area (Å²) in [5.74, 6) is -0.813. The van der Waals surface area contributed by atoms with Crippen LogP contribution in [0.3, 0.4) is 0 Å². The Morgan fingerprint density at radius 2 is 1.45 bits per heavy atom. The summed E-state index contributed by atoms with van der Waals surface area (Å²) in [4.78, 5) is 0. The number of hydrogen-bond donors (Lipinski definition) is 1. The molecule has 0 fully saturated rings. The molecule has 11 heavy (non-hydrogen) atoms. The molecule has 0 heterocycles. The van der Waals surface area contributed by atoms with Crippen LogP contribution < -0.4 is 0 Å². The van der Waals surface area contributed by atoms with Crippen molar-refractivity contribution in [3.05, 3.63) is 0 Å². The van der Waals surface area contributed by atoms with Crippen molar-refractivity contribution < 1.29 is 18.3 Å². The summed E-state index contributed by atoms with van der Waals surface area (Å²) in [6, 6.07) is 0. The Kier molecular flexibility index (Phi) is 4.16. The molecule has 0 saturated heterocycles. The Morgan fingerprint density at radius 1 is 1.18 bits per heavy atom. The maximum atomic E-state index is 11.8. The second-order valence-electron chi connectivity index (χ2n) is 2.80. The lowest BCUT2D eigenvalue weighted by molar-refractivity contribution is -0.267. The van der Waals surface area contributed by atoms with Crippen LogP contribution in [0.25, 0.3) is 0 Å². The molecule has 0 aromatic carbocycles. The highest BCUT2D eigenvalue weighted by atomic mass is 19.4. The first kappa shape index (κ1) is 13.3. The lowest BCUT2D eigenvalue weighted by Gasteiger charge is -2.29. The van der Waals surface area contributed by atoms with E-state index < -0.39 is 17.7 Å². The highest BCUT2D eigenvalue weighted by Crippen LogP contribution is 2.35. The van der Waals surface area contributed by atoms with Crippen molar-refractivity contribution in [1.29, 1.82) is 0 Å². The minimum atomic E-state index is -4.53. The molecular weight excluding hydrogens is 157 g/mol. The fraction of sp³-hybridized carbons (Fsp3) is 1.00. The molecule has 1 nitrogen and oxygen atoms in total. The van der Waals surface area contributed by atoms with Crippen molar-refractivity contribution in [3.8, 4) is 0 Å². The highest BCUT2D eigenvalue weighted by Gasteiger charge is 2.51. The Balaban J connectivity index is 0. The minimum Gasteiger partial charge on any atom is -0.380 e. The lowest BCUT2D eigenvalue weighted by Crippen LogP contribution is -2.46. The maximum Gasteiger partial charge on any atom is 0.417 e. The van der Waals surface area contributed by atoms with E-state index in [1.165, 1.54) is 13.8 Å². The molecule has 0 spiro atoms. The zero-order valence-corrected chi connectivity index (χ0v) is 6.16. The smallest absolute Gasteiger partial charge is 0.380 e. The van der Waals surface area contributed by atoms with E-state index in [9.17, 15) is 13.2 Å². The third-order valence-electron chi connectivity index (χ3n) is 1.70. The average Bonchev–Trinajstić information content (AvgIpc) is 1.62. The van der Waals surface area contributed by atoms with Crippen molar-refractivity contribution >= 4 is 0 Å². The quantitative estimate of drug-likeness (QED) is 0.644. The van der Waals surface area contributed by atoms with Crippen molar-refractivity contribution in [3.63, 3.8) is 0 Å². The van der Waals surface area contributed by atoms with Crippen LogP contribution >= 0.6 is 0 Å². The van der Waals surface area contributed by atoms with Gasteiger partial charge >= 0.3 is 6.18 Å². The molecule has 0 aromatic rings. The lowest BCUT2D eigenvalue weighted by atomic mass is 9.92. The molecular formula is C7H15F3O. The van der Waals surface area contributed by atoms with E-state index in [4.69, 9.17) is 5.11 Å². The molecule has 4 heteroatoms. The predicted octanol–water partition coefficient (Wildman–Crippen LogP) is 2.59. The normalized spacial score (nSPS) is 17.5. The van der Waals surface area contributed by atoms with E-state index in [0.717, 1.165) is 6.92 Å². The molecule has 0 amide bonds. The highest BCUT2D eigenvalue weighted by molar-refractivity contribution is 4.84. The summed E-state index contributed by atoms with van der Waals surface area (Å²) < 4.78 is 35.5. The van der Waals surface area contributed by atoms with E-state index in [1.807, 2.05) is 0 Å². The van der Waals surface area contributed by atoms with Gasteiger partial charge in [-0.15, -0.1) is 0 Å². The largest absolute Gasteiger partial charge is 0.417 e. The van der Waals surface area contributed by atoms with E-state index in [0.29, 0.717) is 0 Å². The van der Waals surface area contributed by atoms with Gasteiger partial charge in [-0.2, -0.15) is 13.2 Å². The van der Waals surface area contributed by atoms with Gasteiger partial charge in [-0.05, 0) is 12.8 Å². The van der Waals surface area contributed by atoms with Gasteiger partial charge in [0.15, 0.2) is 5.60 Å². The molecule has 0 aliphatic carbocycles. The Labute approximate surface area is 65.2 Å². The third-order valence-corrected chi connectivity index (χ3v) is 1.70. The summed E-state index contributed by atoms with van der Waals surface area (Å²) in [6.45, 7) is 3.43. The summed E-state index contributed by atoms with van der Waals surface area (Å²) in [7, 11) is 0. The van der Waals surface area contributed by atoms with Crippen LogP contribution in [-0.4, -0.2) is 16.9 Å². The van der Waals surface area contributed by atoms with Crippen LogP contribution in [0.5, 0.6) is 0 Å². The second-order valence-corrected chi connectivity index (χ2v) is 2.80. The van der Waals surface area contributed by atoms with Gasteiger partial charge in [-0.25, -0.2) is 0 Å². The molecule has 0 unspecified atom stereocenters. The van der Waals surface area contributed by atoms with Crippen LogP contribution in [-0.2, 0) is 0 Å². The molecule has 1 atom stereocenters. The zero-order valence-electron chi connectivity index (χ0n) is 6.16. The van der Waals surface area contributed by atoms with Gasteiger partial charge in [0.2, 0.25) is 0 Å². The summed E-state index contributed by atoms with van der Waals surface area (Å²) in [5, 5.41) is 8.80. The maximum absolute atomic E-state index is 11.8. The van der Waals surface area contributed by atoms with Gasteiger partial charge in [-0.1, -0.05) is 21.3 Å². The first-order chi connectivity index (χ1) is 4.19. The summed E-state index contributed by atoms with van der Waals surface area (Å²) in [5.41, 5.74) is -2.56. The second kappa shape index (κ2) is 3.43. The number of hydrogen-bond acceptors (Lipinski definition) is 1. The molecule has 0 rings (SSSR count). The third kappa shape index (κ3) is 2.69. The van der Waals surface area contributed by atoms with Gasteiger partial charge < -0.3 is 5.11 Å². The van der Waals surface area contributed by atoms with Crippen LogP contribution in [0.4, 0.5) is 13.2 Å². The van der Waals surface area contributed by atoms with Crippen LogP contribution in [0.2, 0.25) is 0 Å². The molecule has 0 aliphatic rings. The van der Waals surface area contributed by atoms with Crippen molar-refractivity contribution in [2.75, 3.05) is 0 Å². The van der Waals surface area contributed by atoms with E-state index >= 15 is 0 Å². The van der Waals surface area contributed by atoms with E-state index in [-0.39, 0.29) is 7.43 Å². The molecule has 70 valence electrons. The van der Waals surface area contributed by atoms with Gasteiger partial charge in [-0.3, -0.25) is 0 Å². The van der Waals surface area contributed by atoms with Crippen molar-refractivity contribution in [2.45, 2.75) is 40.0 Å². The number of halogens is 3. The number of rotatable bonds is 1. The first-order valence-electron chi connectivity index (χ1n) is 2.98. The Hall–Kier alpha value is -0.250. The zero-order chi connectivity index (χ0) is 8.58. The fourth-order valence-electron chi connectivity index (χ4n) is 0.327. The number of aliphatic hydroxyl groups is 1. The molecule has 0 saturated carbocycles. The van der Waals surface area contributed by atoms with Crippen LogP contribution in [0.15, 0.2) is 0 Å². The first-order valence-corrected chi connectivity index (χ1v) is 2.98. The Morgan fingerprint density at radius 3 is 1.45 bits per heavy atom. The summed E-state index contributed by atoms with van der Waals surface area (Å²) in [6.07, 6.45) is -4.53. The predicted molar refractivity (Wildman–Crippen MR) is 38.2 cm³/mol. The molecule has 0 bridgehead atoms. The minimum absolute atomic E-state index is 0. The number of alkyl halides is 3. The molecule has 0 aliphatic heterocycles. The van der Waals surface area contributed by atoms with Gasteiger partial charge in [0.05, 0.1) is 0 Å². The Bertz CT molecular complexity index is 115.